The van der Waals surface area contributed by atoms with Gasteiger partial charge < -0.3 is 5.32 Å². The fourth-order valence-corrected chi connectivity index (χ4v) is 4.32. The van der Waals surface area contributed by atoms with Gasteiger partial charge in [0.25, 0.3) is 0 Å². The Morgan fingerprint density at radius 1 is 1.08 bits per heavy atom. The Labute approximate surface area is 144 Å². The molecule has 1 aliphatic rings. The maximum absolute atomic E-state index is 14.2. The largest absolute Gasteiger partial charge is 0.325 e. The Kier molecular flexibility index (Phi) is 3.69. The number of aryl methyl sites for hydroxylation is 1. The van der Waals surface area contributed by atoms with Crippen molar-refractivity contribution in [2.75, 3.05) is 5.32 Å². The van der Waals surface area contributed by atoms with Gasteiger partial charge in [0, 0.05) is 33.7 Å². The molecule has 1 aliphatic heterocycles. The zero-order valence-corrected chi connectivity index (χ0v) is 14.0. The summed E-state index contributed by atoms with van der Waals surface area (Å²) in [4.78, 5) is 13.3. The average molecular weight is 337 g/mol. The first-order valence-electron chi connectivity index (χ1n) is 7.86. The highest BCUT2D eigenvalue weighted by atomic mass is 32.1. The fourth-order valence-electron chi connectivity index (χ4n) is 3.17. The fraction of sp³-hybridized carbons (Fsp3) is 0.150. The van der Waals surface area contributed by atoms with Gasteiger partial charge in [0.15, 0.2) is 0 Å². The molecule has 1 aromatic heterocycles. The third-order valence-electron chi connectivity index (χ3n) is 4.43. The summed E-state index contributed by atoms with van der Waals surface area (Å²) in [6, 6.07) is 15.0. The highest BCUT2D eigenvalue weighted by Gasteiger charge is 2.30. The lowest BCUT2D eigenvalue weighted by molar-refractivity contribution is -0.116. The van der Waals surface area contributed by atoms with Gasteiger partial charge in [-0.15, -0.1) is 11.3 Å². The van der Waals surface area contributed by atoms with Gasteiger partial charge in [0.2, 0.25) is 5.91 Å². The number of amides is 1. The Morgan fingerprint density at radius 3 is 2.58 bits per heavy atom. The molecule has 3 aromatic rings. The zero-order chi connectivity index (χ0) is 16.7. The molecule has 4 heteroatoms. The lowest BCUT2D eigenvalue weighted by atomic mass is 9.89. The number of carbonyl (C=O) groups is 1. The first-order valence-corrected chi connectivity index (χ1v) is 8.74. The van der Waals surface area contributed by atoms with Gasteiger partial charge in [-0.05, 0) is 18.6 Å². The van der Waals surface area contributed by atoms with Gasteiger partial charge in [-0.3, -0.25) is 4.79 Å². The summed E-state index contributed by atoms with van der Waals surface area (Å²) in [5, 5.41) is 4.89. The van der Waals surface area contributed by atoms with E-state index in [2.05, 4.69) is 29.6 Å². The monoisotopic (exact) mass is 337 g/mol. The molecule has 1 atom stereocenters. The average Bonchev–Trinajstić information content (AvgIpc) is 2.99. The maximum atomic E-state index is 14.2. The topological polar surface area (TPSA) is 29.1 Å². The second-order valence-electron chi connectivity index (χ2n) is 6.08. The molecule has 0 radical (unpaired) electrons. The Balaban J connectivity index is 1.83. The van der Waals surface area contributed by atoms with Crippen LogP contribution in [0.4, 0.5) is 10.1 Å². The first-order chi connectivity index (χ1) is 11.6. The predicted octanol–water partition coefficient (Wildman–Crippen LogP) is 5.34. The molecule has 2 nitrogen and oxygen atoms in total. The second-order valence-corrected chi connectivity index (χ2v) is 7.00. The van der Waals surface area contributed by atoms with E-state index in [0.29, 0.717) is 12.0 Å². The molecule has 2 aromatic carbocycles. The van der Waals surface area contributed by atoms with E-state index < -0.39 is 0 Å². The van der Waals surface area contributed by atoms with Crippen molar-refractivity contribution in [3.05, 3.63) is 75.7 Å². The number of benzene rings is 2. The number of thiophene rings is 1. The molecule has 24 heavy (non-hydrogen) atoms. The number of anilines is 1. The van der Waals surface area contributed by atoms with Crippen LogP contribution in [0.15, 0.2) is 53.9 Å². The molecular weight excluding hydrogens is 321 g/mol. The molecule has 1 unspecified atom stereocenters. The summed E-state index contributed by atoms with van der Waals surface area (Å²) in [5.74, 6) is -0.270. The van der Waals surface area contributed by atoms with E-state index in [1.54, 1.807) is 23.5 Å². The molecule has 0 aliphatic carbocycles. The van der Waals surface area contributed by atoms with E-state index in [1.165, 1.54) is 11.6 Å². The number of carbonyl (C=O) groups excluding carboxylic acids is 1. The van der Waals surface area contributed by atoms with E-state index in [4.69, 9.17) is 0 Å². The van der Waals surface area contributed by atoms with Crippen LogP contribution in [0.2, 0.25) is 0 Å². The van der Waals surface area contributed by atoms with E-state index in [1.807, 2.05) is 18.4 Å². The van der Waals surface area contributed by atoms with Crippen molar-refractivity contribution in [1.82, 2.24) is 0 Å². The van der Waals surface area contributed by atoms with Crippen molar-refractivity contribution >= 4 is 22.9 Å². The van der Waals surface area contributed by atoms with Crippen LogP contribution < -0.4 is 5.32 Å². The number of halogens is 1. The molecule has 0 saturated carbocycles. The SMILES string of the molecule is Cc1ccc(C2CC(=O)Nc3c(-c4ccccc4F)csc32)cc1. The van der Waals surface area contributed by atoms with Crippen LogP contribution in [0, 0.1) is 12.7 Å². The van der Waals surface area contributed by atoms with Crippen LogP contribution in [-0.4, -0.2) is 5.91 Å². The van der Waals surface area contributed by atoms with Crippen molar-refractivity contribution in [2.45, 2.75) is 19.3 Å². The molecule has 1 N–H and O–H groups in total. The molecule has 0 bridgehead atoms. The predicted molar refractivity (Wildman–Crippen MR) is 96.0 cm³/mol. The van der Waals surface area contributed by atoms with Gasteiger partial charge in [-0.2, -0.15) is 0 Å². The quantitative estimate of drug-likeness (QED) is 0.672. The van der Waals surface area contributed by atoms with Crippen LogP contribution in [-0.2, 0) is 4.79 Å². The molecule has 120 valence electrons. The van der Waals surface area contributed by atoms with Crippen molar-refractivity contribution in [3.8, 4) is 11.1 Å². The minimum Gasteiger partial charge on any atom is -0.325 e. The van der Waals surface area contributed by atoms with Gasteiger partial charge in [0.1, 0.15) is 5.82 Å². The minimum atomic E-state index is -0.273. The van der Waals surface area contributed by atoms with E-state index >= 15 is 0 Å². The second kappa shape index (κ2) is 5.87. The number of hydrogen-bond donors (Lipinski definition) is 1. The molecule has 0 fully saturated rings. The molecule has 0 spiro atoms. The third-order valence-corrected chi connectivity index (χ3v) is 5.53. The Morgan fingerprint density at radius 2 is 1.83 bits per heavy atom. The van der Waals surface area contributed by atoms with Crippen LogP contribution >= 0.6 is 11.3 Å². The summed E-state index contributed by atoms with van der Waals surface area (Å²) in [7, 11) is 0. The Bertz CT molecular complexity index is 914. The summed E-state index contributed by atoms with van der Waals surface area (Å²) in [6.45, 7) is 2.05. The summed E-state index contributed by atoms with van der Waals surface area (Å²) in [6.07, 6.45) is 0.424. The highest BCUT2D eigenvalue weighted by molar-refractivity contribution is 7.11. The zero-order valence-electron chi connectivity index (χ0n) is 13.2. The molecular formula is C20H16FNOS. The standard InChI is InChI=1S/C20H16FNOS/c1-12-6-8-13(9-7-12)15-10-18(23)22-19-16(11-24-20(15)19)14-4-2-3-5-17(14)21/h2-9,11,15H,10H2,1H3,(H,22,23). The third kappa shape index (κ3) is 2.53. The number of nitrogens with one attached hydrogen (secondary N) is 1. The normalized spacial score (nSPS) is 16.6. The van der Waals surface area contributed by atoms with Crippen molar-refractivity contribution in [3.63, 3.8) is 0 Å². The van der Waals surface area contributed by atoms with Gasteiger partial charge >= 0.3 is 0 Å². The number of rotatable bonds is 2. The molecule has 1 amide bonds. The number of fused-ring (bicyclic) bond motifs is 1. The first kappa shape index (κ1) is 15.1. The Hall–Kier alpha value is -2.46. The van der Waals surface area contributed by atoms with E-state index in [9.17, 15) is 9.18 Å². The minimum absolute atomic E-state index is 0.0240. The summed E-state index contributed by atoms with van der Waals surface area (Å²) < 4.78 is 14.2. The lowest BCUT2D eigenvalue weighted by Gasteiger charge is -2.24. The summed E-state index contributed by atoms with van der Waals surface area (Å²) in [5.41, 5.74) is 4.36. The van der Waals surface area contributed by atoms with Crippen LogP contribution in [0.3, 0.4) is 0 Å². The number of hydrogen-bond acceptors (Lipinski definition) is 2. The van der Waals surface area contributed by atoms with Crippen molar-refractivity contribution in [2.24, 2.45) is 0 Å². The summed E-state index contributed by atoms with van der Waals surface area (Å²) >= 11 is 1.58. The van der Waals surface area contributed by atoms with Crippen LogP contribution in [0.25, 0.3) is 11.1 Å². The van der Waals surface area contributed by atoms with Gasteiger partial charge in [-0.1, -0.05) is 48.0 Å². The van der Waals surface area contributed by atoms with Gasteiger partial charge in [0.05, 0.1) is 5.69 Å². The van der Waals surface area contributed by atoms with E-state index in [-0.39, 0.29) is 17.6 Å². The lowest BCUT2D eigenvalue weighted by Crippen LogP contribution is -2.22. The maximum Gasteiger partial charge on any atom is 0.225 e. The van der Waals surface area contributed by atoms with Crippen LogP contribution in [0.1, 0.15) is 28.3 Å². The molecule has 0 saturated heterocycles. The van der Waals surface area contributed by atoms with Crippen molar-refractivity contribution < 1.29 is 9.18 Å². The molecule has 4 rings (SSSR count). The van der Waals surface area contributed by atoms with Gasteiger partial charge in [-0.25, -0.2) is 4.39 Å². The highest BCUT2D eigenvalue weighted by Crippen LogP contribution is 2.46. The smallest absolute Gasteiger partial charge is 0.225 e. The van der Waals surface area contributed by atoms with Crippen molar-refractivity contribution in [1.29, 1.82) is 0 Å². The van der Waals surface area contributed by atoms with Crippen LogP contribution in [0.5, 0.6) is 0 Å². The van der Waals surface area contributed by atoms with E-state index in [0.717, 1.165) is 21.7 Å². The molecule has 2 heterocycles.